The lowest BCUT2D eigenvalue weighted by Crippen LogP contribution is -2.22. The number of benzene rings is 2. The Balaban J connectivity index is 2.17. The number of likely N-dealkylation sites (N-methyl/N-ethyl adjacent to an activating group) is 1. The molecule has 2 rings (SSSR count). The molecule has 0 saturated heterocycles. The number of hydrogen-bond donors (Lipinski definition) is 1. The van der Waals surface area contributed by atoms with Crippen LogP contribution >= 0.6 is 0 Å². The highest BCUT2D eigenvalue weighted by Gasteiger charge is 2.19. The highest BCUT2D eigenvalue weighted by atomic mass is 16.5. The third kappa shape index (κ3) is 4.08. The van der Waals surface area contributed by atoms with E-state index in [1.807, 2.05) is 20.9 Å². The molecular formula is C19H25NO. The van der Waals surface area contributed by atoms with Gasteiger partial charge in [0, 0.05) is 12.0 Å². The van der Waals surface area contributed by atoms with Crippen LogP contribution in [0.15, 0.2) is 54.6 Å². The van der Waals surface area contributed by atoms with Crippen LogP contribution in [0, 0.1) is 0 Å². The van der Waals surface area contributed by atoms with E-state index >= 15 is 0 Å². The van der Waals surface area contributed by atoms with E-state index in [2.05, 4.69) is 66.8 Å². The minimum Gasteiger partial charge on any atom is -0.491 e. The maximum atomic E-state index is 5.71. The predicted octanol–water partition coefficient (Wildman–Crippen LogP) is 4.54. The van der Waals surface area contributed by atoms with Gasteiger partial charge in [-0.1, -0.05) is 49.4 Å². The summed E-state index contributed by atoms with van der Waals surface area (Å²) in [5.41, 5.74) is 2.63. The number of rotatable bonds is 6. The first kappa shape index (κ1) is 15.6. The summed E-state index contributed by atoms with van der Waals surface area (Å²) in [6.07, 6.45) is 0.208. The molecule has 2 nitrogen and oxygen atoms in total. The molecule has 0 spiro atoms. The molecule has 0 aliphatic carbocycles. The number of hydrogen-bond acceptors (Lipinski definition) is 2. The van der Waals surface area contributed by atoms with Gasteiger partial charge in [0.15, 0.2) is 0 Å². The summed E-state index contributed by atoms with van der Waals surface area (Å²) in [6, 6.07) is 19.3. The molecule has 0 radical (unpaired) electrons. The van der Waals surface area contributed by atoms with Gasteiger partial charge in [0.2, 0.25) is 0 Å². The Morgan fingerprint density at radius 2 is 1.43 bits per heavy atom. The van der Waals surface area contributed by atoms with Crippen LogP contribution in [-0.4, -0.2) is 13.2 Å². The molecule has 0 heterocycles. The first-order valence-corrected chi connectivity index (χ1v) is 7.60. The molecule has 0 saturated carbocycles. The van der Waals surface area contributed by atoms with Crippen LogP contribution in [0.5, 0.6) is 5.75 Å². The van der Waals surface area contributed by atoms with E-state index in [1.54, 1.807) is 0 Å². The summed E-state index contributed by atoms with van der Waals surface area (Å²) >= 11 is 0. The van der Waals surface area contributed by atoms with Crippen LogP contribution in [0.25, 0.3) is 0 Å². The van der Waals surface area contributed by atoms with Gasteiger partial charge in [-0.15, -0.1) is 0 Å². The van der Waals surface area contributed by atoms with E-state index in [0.29, 0.717) is 12.0 Å². The van der Waals surface area contributed by atoms with Crippen molar-refractivity contribution in [2.24, 2.45) is 0 Å². The average Bonchev–Trinajstić information content (AvgIpc) is 2.50. The molecular weight excluding hydrogens is 258 g/mol. The fourth-order valence-corrected chi connectivity index (χ4v) is 2.68. The quantitative estimate of drug-likeness (QED) is 0.840. The van der Waals surface area contributed by atoms with Gasteiger partial charge in [-0.05, 0) is 44.2 Å². The van der Waals surface area contributed by atoms with Crippen LogP contribution in [0.3, 0.4) is 0 Å². The first-order chi connectivity index (χ1) is 10.1. The Kier molecular flexibility index (Phi) is 5.40. The molecule has 0 aliphatic heterocycles. The van der Waals surface area contributed by atoms with E-state index in [9.17, 15) is 0 Å². The third-order valence-electron chi connectivity index (χ3n) is 3.75. The second kappa shape index (κ2) is 7.28. The summed E-state index contributed by atoms with van der Waals surface area (Å²) in [4.78, 5) is 0. The van der Waals surface area contributed by atoms with Gasteiger partial charge in [0.05, 0.1) is 6.10 Å². The van der Waals surface area contributed by atoms with Gasteiger partial charge in [0.25, 0.3) is 0 Å². The molecule has 0 fully saturated rings. The summed E-state index contributed by atoms with van der Waals surface area (Å²) in [6.45, 7) is 6.35. The van der Waals surface area contributed by atoms with Crippen LogP contribution in [-0.2, 0) is 0 Å². The van der Waals surface area contributed by atoms with Gasteiger partial charge in [-0.3, -0.25) is 0 Å². The van der Waals surface area contributed by atoms with Crippen molar-refractivity contribution in [1.82, 2.24) is 5.32 Å². The Morgan fingerprint density at radius 3 is 1.95 bits per heavy atom. The van der Waals surface area contributed by atoms with E-state index in [1.165, 1.54) is 11.1 Å². The SMILES string of the molecule is CNC(c1ccc(OC(C)C)cc1)C(C)c1ccccc1. The lowest BCUT2D eigenvalue weighted by atomic mass is 9.88. The van der Waals surface area contributed by atoms with Crippen molar-refractivity contribution < 1.29 is 4.74 Å². The standard InChI is InChI=1S/C19H25NO/c1-14(2)21-18-12-10-17(11-13-18)19(20-4)15(3)16-8-6-5-7-9-16/h5-15,19-20H,1-4H3. The van der Waals surface area contributed by atoms with Crippen molar-refractivity contribution in [3.8, 4) is 5.75 Å². The summed E-state index contributed by atoms with van der Waals surface area (Å²) < 4.78 is 5.71. The van der Waals surface area contributed by atoms with Gasteiger partial charge < -0.3 is 10.1 Å². The van der Waals surface area contributed by atoms with Crippen molar-refractivity contribution in [3.05, 3.63) is 65.7 Å². The van der Waals surface area contributed by atoms with Crippen molar-refractivity contribution in [3.63, 3.8) is 0 Å². The largest absolute Gasteiger partial charge is 0.491 e. The molecule has 2 aromatic carbocycles. The van der Waals surface area contributed by atoms with Crippen molar-refractivity contribution in [2.45, 2.75) is 38.8 Å². The Bertz CT molecular complexity index is 533. The van der Waals surface area contributed by atoms with E-state index in [4.69, 9.17) is 4.74 Å². The number of ether oxygens (including phenoxy) is 1. The van der Waals surface area contributed by atoms with Gasteiger partial charge in [-0.2, -0.15) is 0 Å². The van der Waals surface area contributed by atoms with E-state index in [0.717, 1.165) is 5.75 Å². The second-order valence-electron chi connectivity index (χ2n) is 5.70. The zero-order chi connectivity index (χ0) is 15.2. The average molecular weight is 283 g/mol. The van der Waals surface area contributed by atoms with Crippen LogP contribution in [0.4, 0.5) is 0 Å². The summed E-state index contributed by atoms with van der Waals surface area (Å²) in [5, 5.41) is 3.44. The van der Waals surface area contributed by atoms with Crippen molar-refractivity contribution in [2.75, 3.05) is 7.05 Å². The maximum absolute atomic E-state index is 5.71. The molecule has 2 unspecified atom stereocenters. The van der Waals surface area contributed by atoms with Crippen molar-refractivity contribution >= 4 is 0 Å². The Morgan fingerprint density at radius 1 is 0.810 bits per heavy atom. The Hall–Kier alpha value is -1.80. The highest BCUT2D eigenvalue weighted by Crippen LogP contribution is 2.31. The minimum absolute atomic E-state index is 0.208. The van der Waals surface area contributed by atoms with E-state index < -0.39 is 0 Å². The first-order valence-electron chi connectivity index (χ1n) is 7.60. The Labute approximate surface area is 128 Å². The highest BCUT2D eigenvalue weighted by molar-refractivity contribution is 5.32. The minimum atomic E-state index is 0.208. The molecule has 0 amide bonds. The second-order valence-corrected chi connectivity index (χ2v) is 5.70. The molecule has 0 bridgehead atoms. The smallest absolute Gasteiger partial charge is 0.119 e. The summed E-state index contributed by atoms with van der Waals surface area (Å²) in [7, 11) is 2.02. The zero-order valence-corrected chi connectivity index (χ0v) is 13.3. The molecule has 2 atom stereocenters. The van der Waals surface area contributed by atoms with Crippen LogP contribution in [0.2, 0.25) is 0 Å². The lowest BCUT2D eigenvalue weighted by Gasteiger charge is -2.25. The predicted molar refractivity (Wildman–Crippen MR) is 88.9 cm³/mol. The molecule has 2 aromatic rings. The molecule has 112 valence electrons. The summed E-state index contributed by atoms with van der Waals surface area (Å²) in [5.74, 6) is 1.34. The van der Waals surface area contributed by atoms with Gasteiger partial charge >= 0.3 is 0 Å². The fraction of sp³-hybridized carbons (Fsp3) is 0.368. The molecule has 21 heavy (non-hydrogen) atoms. The lowest BCUT2D eigenvalue weighted by molar-refractivity contribution is 0.242. The van der Waals surface area contributed by atoms with Gasteiger partial charge in [0.1, 0.15) is 5.75 Å². The van der Waals surface area contributed by atoms with Crippen LogP contribution < -0.4 is 10.1 Å². The zero-order valence-electron chi connectivity index (χ0n) is 13.3. The fourth-order valence-electron chi connectivity index (χ4n) is 2.68. The monoisotopic (exact) mass is 283 g/mol. The van der Waals surface area contributed by atoms with Gasteiger partial charge in [-0.25, -0.2) is 0 Å². The molecule has 2 heteroatoms. The molecule has 1 N–H and O–H groups in total. The normalized spacial score (nSPS) is 14.0. The molecule has 0 aliphatic rings. The van der Waals surface area contributed by atoms with Crippen molar-refractivity contribution in [1.29, 1.82) is 0 Å². The topological polar surface area (TPSA) is 21.3 Å². The molecule has 0 aromatic heterocycles. The number of nitrogens with one attached hydrogen (secondary N) is 1. The maximum Gasteiger partial charge on any atom is 0.119 e. The van der Waals surface area contributed by atoms with Crippen LogP contribution in [0.1, 0.15) is 43.9 Å². The van der Waals surface area contributed by atoms with E-state index in [-0.39, 0.29) is 6.10 Å². The third-order valence-corrected chi connectivity index (χ3v) is 3.75.